The molecule has 0 fully saturated rings. The predicted molar refractivity (Wildman–Crippen MR) is 115 cm³/mol. The summed E-state index contributed by atoms with van der Waals surface area (Å²) in [5.41, 5.74) is 1.06. The summed E-state index contributed by atoms with van der Waals surface area (Å²) in [6.45, 7) is 8.12. The maximum Gasteiger partial charge on any atom is 0.332 e. The van der Waals surface area contributed by atoms with Gasteiger partial charge in [-0.25, -0.2) is 14.2 Å². The van der Waals surface area contributed by atoms with Crippen LogP contribution < -0.4 is 16.3 Å². The molecule has 8 nitrogen and oxygen atoms in total. The van der Waals surface area contributed by atoms with Crippen molar-refractivity contribution in [1.29, 1.82) is 0 Å². The minimum Gasteiger partial charge on any atom is -0.297 e. The highest BCUT2D eigenvalue weighted by molar-refractivity contribution is 6.31. The molecule has 0 atom stereocenters. The minimum absolute atomic E-state index is 0.0813. The lowest BCUT2D eigenvalue weighted by Crippen LogP contribution is -2.40. The molecule has 1 aliphatic heterocycles. The van der Waals surface area contributed by atoms with Gasteiger partial charge in [-0.1, -0.05) is 29.8 Å². The van der Waals surface area contributed by atoms with Crippen molar-refractivity contribution in [2.24, 2.45) is 12.1 Å². The molecule has 0 aliphatic carbocycles. The number of rotatable bonds is 4. The molecule has 1 aliphatic rings. The lowest BCUT2D eigenvalue weighted by molar-refractivity contribution is 0.582. The molecule has 10 heteroatoms. The van der Waals surface area contributed by atoms with Gasteiger partial charge in [0.2, 0.25) is 5.95 Å². The third kappa shape index (κ3) is 3.15. The van der Waals surface area contributed by atoms with E-state index in [1.807, 2.05) is 13.8 Å². The van der Waals surface area contributed by atoms with E-state index >= 15 is 0 Å². The first-order valence-corrected chi connectivity index (χ1v) is 9.65. The number of anilines is 1. The van der Waals surface area contributed by atoms with Gasteiger partial charge in [-0.2, -0.15) is 10.1 Å². The maximum atomic E-state index is 14.3. The first-order chi connectivity index (χ1) is 14.2. The van der Waals surface area contributed by atoms with Crippen molar-refractivity contribution in [3.63, 3.8) is 0 Å². The highest BCUT2D eigenvalue weighted by Crippen LogP contribution is 2.25. The van der Waals surface area contributed by atoms with Crippen LogP contribution in [0.1, 0.15) is 19.4 Å². The smallest absolute Gasteiger partial charge is 0.297 e. The SMILES string of the molecule is C=C(C)CN1N=C(C)Cn2c1nc1c2c(=O)n(Cc2c(F)cccc2Cl)c(=O)n1C. The fourth-order valence-corrected chi connectivity index (χ4v) is 3.78. The van der Waals surface area contributed by atoms with Crippen LogP contribution in [-0.2, 0) is 20.1 Å². The van der Waals surface area contributed by atoms with Crippen molar-refractivity contribution in [3.05, 3.63) is 67.6 Å². The highest BCUT2D eigenvalue weighted by Gasteiger charge is 2.27. The molecule has 0 N–H and O–H groups in total. The molecule has 0 saturated heterocycles. The molecule has 30 heavy (non-hydrogen) atoms. The molecule has 3 aromatic rings. The number of nitrogens with zero attached hydrogens (tertiary/aromatic N) is 6. The zero-order chi connectivity index (χ0) is 21.7. The maximum absolute atomic E-state index is 14.3. The first kappa shape index (κ1) is 20.1. The topological polar surface area (TPSA) is 77.4 Å². The minimum atomic E-state index is -0.605. The van der Waals surface area contributed by atoms with Gasteiger partial charge in [0.25, 0.3) is 5.56 Å². The van der Waals surface area contributed by atoms with E-state index in [9.17, 15) is 14.0 Å². The summed E-state index contributed by atoms with van der Waals surface area (Å²) >= 11 is 6.11. The second kappa shape index (κ2) is 7.24. The Balaban J connectivity index is 1.96. The van der Waals surface area contributed by atoms with Crippen molar-refractivity contribution in [2.45, 2.75) is 26.9 Å². The number of hydrogen-bond donors (Lipinski definition) is 0. The second-order valence-electron chi connectivity index (χ2n) is 7.45. The van der Waals surface area contributed by atoms with Crippen molar-refractivity contribution in [3.8, 4) is 0 Å². The van der Waals surface area contributed by atoms with E-state index in [1.165, 1.54) is 29.8 Å². The third-order valence-electron chi connectivity index (χ3n) is 4.92. The van der Waals surface area contributed by atoms with Crippen LogP contribution in [0.15, 0.2) is 45.0 Å². The van der Waals surface area contributed by atoms with Crippen LogP contribution in [0.3, 0.4) is 0 Å². The van der Waals surface area contributed by atoms with E-state index in [0.29, 0.717) is 19.0 Å². The average Bonchev–Trinajstić information content (AvgIpc) is 3.05. The molecule has 0 amide bonds. The van der Waals surface area contributed by atoms with Crippen LogP contribution in [0.5, 0.6) is 0 Å². The van der Waals surface area contributed by atoms with Gasteiger partial charge >= 0.3 is 5.69 Å². The molecule has 0 saturated carbocycles. The number of halogens is 2. The van der Waals surface area contributed by atoms with Crippen LogP contribution in [0, 0.1) is 5.82 Å². The number of imidazole rings is 1. The Hall–Kier alpha value is -3.20. The van der Waals surface area contributed by atoms with Crippen LogP contribution in [0.2, 0.25) is 5.02 Å². The van der Waals surface area contributed by atoms with E-state index in [-0.39, 0.29) is 28.3 Å². The molecule has 0 bridgehead atoms. The number of benzene rings is 1. The summed E-state index contributed by atoms with van der Waals surface area (Å²) in [6.07, 6.45) is 0. The van der Waals surface area contributed by atoms with Gasteiger partial charge in [0.05, 0.1) is 25.3 Å². The van der Waals surface area contributed by atoms with Gasteiger partial charge in [-0.05, 0) is 26.0 Å². The van der Waals surface area contributed by atoms with E-state index in [0.717, 1.165) is 15.9 Å². The third-order valence-corrected chi connectivity index (χ3v) is 5.27. The van der Waals surface area contributed by atoms with Crippen LogP contribution in [0.25, 0.3) is 11.2 Å². The fourth-order valence-electron chi connectivity index (χ4n) is 3.56. The van der Waals surface area contributed by atoms with Crippen LogP contribution in [-0.4, -0.2) is 30.9 Å². The van der Waals surface area contributed by atoms with Gasteiger partial charge < -0.3 is 0 Å². The molecule has 0 spiro atoms. The highest BCUT2D eigenvalue weighted by atomic mass is 35.5. The van der Waals surface area contributed by atoms with E-state index in [4.69, 9.17) is 11.6 Å². The van der Waals surface area contributed by atoms with Crippen molar-refractivity contribution in [1.82, 2.24) is 18.7 Å². The normalized spacial score (nSPS) is 13.5. The average molecular weight is 431 g/mol. The number of aryl methyl sites for hydroxylation is 1. The van der Waals surface area contributed by atoms with E-state index in [2.05, 4.69) is 16.7 Å². The fraction of sp³-hybridized carbons (Fsp3) is 0.300. The van der Waals surface area contributed by atoms with Crippen molar-refractivity contribution in [2.75, 3.05) is 11.6 Å². The van der Waals surface area contributed by atoms with Crippen molar-refractivity contribution >= 4 is 34.4 Å². The van der Waals surface area contributed by atoms with Gasteiger partial charge in [-0.15, -0.1) is 0 Å². The summed E-state index contributed by atoms with van der Waals surface area (Å²) in [6, 6.07) is 4.23. The van der Waals surface area contributed by atoms with Crippen LogP contribution in [0.4, 0.5) is 10.3 Å². The Morgan fingerprint density at radius 1 is 1.33 bits per heavy atom. The molecule has 4 rings (SSSR count). The summed E-state index contributed by atoms with van der Waals surface area (Å²) in [5, 5.41) is 6.30. The van der Waals surface area contributed by atoms with E-state index in [1.54, 1.807) is 9.58 Å². The van der Waals surface area contributed by atoms with Gasteiger partial charge in [0.15, 0.2) is 11.2 Å². The molecule has 2 aromatic heterocycles. The molecule has 156 valence electrons. The Morgan fingerprint density at radius 3 is 2.73 bits per heavy atom. The van der Waals surface area contributed by atoms with Crippen LogP contribution >= 0.6 is 11.6 Å². The zero-order valence-electron chi connectivity index (χ0n) is 16.8. The quantitative estimate of drug-likeness (QED) is 0.596. The molecule has 3 heterocycles. The summed E-state index contributed by atoms with van der Waals surface area (Å²) in [7, 11) is 1.53. The Morgan fingerprint density at radius 2 is 2.07 bits per heavy atom. The molecule has 0 unspecified atom stereocenters. The lowest BCUT2D eigenvalue weighted by atomic mass is 10.2. The predicted octanol–water partition coefficient (Wildman–Crippen LogP) is 2.51. The molecule has 1 aromatic carbocycles. The second-order valence-corrected chi connectivity index (χ2v) is 7.86. The lowest BCUT2D eigenvalue weighted by Gasteiger charge is -2.24. The number of hydrogen-bond acceptors (Lipinski definition) is 5. The van der Waals surface area contributed by atoms with Crippen molar-refractivity contribution < 1.29 is 4.39 Å². The molecular weight excluding hydrogens is 411 g/mol. The Bertz CT molecular complexity index is 1330. The summed E-state index contributed by atoms with van der Waals surface area (Å²) in [5.74, 6) is -0.130. The monoisotopic (exact) mass is 430 g/mol. The van der Waals surface area contributed by atoms with Gasteiger partial charge in [0, 0.05) is 17.6 Å². The largest absolute Gasteiger partial charge is 0.332 e. The standard InChI is InChI=1S/C20H20ClFN6O2/c1-11(2)8-28-19-23-17-16(26(19)9-12(3)24-28)18(29)27(20(30)25(17)4)10-13-14(21)6-5-7-15(13)22/h5-7H,1,8-10H2,2-4H3. The number of aromatic nitrogens is 4. The Labute approximate surface area is 176 Å². The van der Waals surface area contributed by atoms with E-state index < -0.39 is 17.1 Å². The van der Waals surface area contributed by atoms with Gasteiger partial charge in [-0.3, -0.25) is 18.5 Å². The first-order valence-electron chi connectivity index (χ1n) is 9.28. The summed E-state index contributed by atoms with van der Waals surface area (Å²) < 4.78 is 18.3. The molecular formula is C20H20ClFN6O2. The summed E-state index contributed by atoms with van der Waals surface area (Å²) in [4.78, 5) is 30.8. The molecule has 0 radical (unpaired) electrons. The van der Waals surface area contributed by atoms with Gasteiger partial charge in [0.1, 0.15) is 5.82 Å². The number of hydrazone groups is 1. The number of fused-ring (bicyclic) bond motifs is 3. The Kier molecular flexibility index (Phi) is 4.85. The zero-order valence-corrected chi connectivity index (χ0v) is 17.6.